The molecule has 0 unspecified atom stereocenters. The molecular weight excluding hydrogens is 425 g/mol. The molecule has 33 heavy (non-hydrogen) atoms. The van der Waals surface area contributed by atoms with Gasteiger partial charge in [0.2, 0.25) is 0 Å². The third-order valence-corrected chi connectivity index (χ3v) is 11.2. The van der Waals surface area contributed by atoms with Gasteiger partial charge in [-0.25, -0.2) is 4.98 Å². The molecule has 5 heteroatoms. The van der Waals surface area contributed by atoms with Crippen molar-refractivity contribution in [3.8, 4) is 0 Å². The van der Waals surface area contributed by atoms with Crippen LogP contribution in [-0.2, 0) is 4.79 Å². The summed E-state index contributed by atoms with van der Waals surface area (Å²) in [6, 6.07) is 31.8. The summed E-state index contributed by atoms with van der Waals surface area (Å²) in [6.45, 7) is 4.51. The van der Waals surface area contributed by atoms with Gasteiger partial charge in [-0.3, -0.25) is 14.7 Å². The Balaban J connectivity index is 1.72. The van der Waals surface area contributed by atoms with E-state index in [9.17, 15) is 4.79 Å². The number of carbonyl (C=O) groups is 1. The molecule has 4 aromatic rings. The largest absolute Gasteiger partial charge is 0.292 e. The minimum atomic E-state index is -2.28. The number of nitrogens with zero attached hydrogens (tertiary/aromatic N) is 3. The van der Waals surface area contributed by atoms with E-state index in [0.717, 1.165) is 17.8 Å². The highest BCUT2D eigenvalue weighted by atomic mass is 31.2. The van der Waals surface area contributed by atoms with E-state index >= 15 is 0 Å². The zero-order valence-electron chi connectivity index (χ0n) is 18.9. The molecule has 0 spiro atoms. The molecule has 4 nitrogen and oxygen atoms in total. The smallest absolute Gasteiger partial charge is 0.270 e. The van der Waals surface area contributed by atoms with Gasteiger partial charge >= 0.3 is 0 Å². The topological polar surface area (TPSA) is 46.1 Å². The highest BCUT2D eigenvalue weighted by molar-refractivity contribution is 7.97. The summed E-state index contributed by atoms with van der Waals surface area (Å²) in [5.74, 6) is 0.821. The van der Waals surface area contributed by atoms with E-state index in [-0.39, 0.29) is 11.6 Å². The molecule has 5 rings (SSSR count). The maximum atomic E-state index is 14.2. The lowest BCUT2D eigenvalue weighted by Crippen LogP contribution is -2.43. The van der Waals surface area contributed by atoms with E-state index in [1.165, 1.54) is 15.9 Å². The second-order valence-corrected chi connectivity index (χ2v) is 12.1. The quantitative estimate of drug-likeness (QED) is 0.427. The lowest BCUT2D eigenvalue weighted by atomic mass is 10.3. The van der Waals surface area contributed by atoms with Gasteiger partial charge in [0.15, 0.2) is 11.5 Å². The zero-order chi connectivity index (χ0) is 22.8. The number of anilines is 1. The van der Waals surface area contributed by atoms with Gasteiger partial charge in [0, 0.05) is 13.0 Å². The van der Waals surface area contributed by atoms with Gasteiger partial charge in [-0.2, -0.15) is 0 Å². The molecule has 0 bridgehead atoms. The first-order chi connectivity index (χ1) is 16.1. The number of benzene rings is 3. The number of hydrogen-bond donors (Lipinski definition) is 0. The van der Waals surface area contributed by atoms with Gasteiger partial charge in [-0.1, -0.05) is 54.6 Å². The summed E-state index contributed by atoms with van der Waals surface area (Å²) in [5, 5.41) is 3.69. The predicted molar refractivity (Wildman–Crippen MR) is 137 cm³/mol. The molecule has 1 fully saturated rings. The van der Waals surface area contributed by atoms with Crippen LogP contribution in [-0.4, -0.2) is 28.1 Å². The van der Waals surface area contributed by atoms with Crippen molar-refractivity contribution in [1.29, 1.82) is 0 Å². The highest BCUT2D eigenvalue weighted by Crippen LogP contribution is 2.62. The molecule has 1 aromatic heterocycles. The van der Waals surface area contributed by atoms with Crippen molar-refractivity contribution in [3.63, 3.8) is 0 Å². The molecule has 164 valence electrons. The van der Waals surface area contributed by atoms with Crippen LogP contribution in [0.2, 0.25) is 0 Å². The van der Waals surface area contributed by atoms with Crippen molar-refractivity contribution in [2.45, 2.75) is 25.9 Å². The van der Waals surface area contributed by atoms with Gasteiger partial charge in [-0.15, -0.1) is 0 Å². The second-order valence-electron chi connectivity index (χ2n) is 8.44. The third-order valence-electron chi connectivity index (χ3n) is 6.43. The molecule has 0 saturated carbocycles. The van der Waals surface area contributed by atoms with E-state index in [2.05, 4.69) is 82.8 Å². The van der Waals surface area contributed by atoms with Crippen LogP contribution >= 0.6 is 7.26 Å². The third kappa shape index (κ3) is 3.65. The maximum Gasteiger partial charge on any atom is 0.270 e. The summed E-state index contributed by atoms with van der Waals surface area (Å²) in [7, 11) is -2.28. The normalized spacial score (nSPS) is 16.2. The standard InChI is InChI=1S/C28H27N3OP/c1-21-20-29-27(22(2)30-21)31-19-18-26(28(31)32)33(23-12-6-3-7-13-23,24-14-8-4-9-15-24)25-16-10-5-11-17-25/h3-17,20,26H,18-19H2,1-2H3/q+1/t26-/m1/s1. The Labute approximate surface area is 195 Å². The monoisotopic (exact) mass is 452 g/mol. The van der Waals surface area contributed by atoms with Gasteiger partial charge < -0.3 is 0 Å². The van der Waals surface area contributed by atoms with Gasteiger partial charge in [0.1, 0.15) is 23.2 Å². The van der Waals surface area contributed by atoms with Crippen molar-refractivity contribution in [2.75, 3.05) is 11.4 Å². The molecular formula is C28H27N3OP+. The van der Waals surface area contributed by atoms with Crippen molar-refractivity contribution < 1.29 is 4.79 Å². The van der Waals surface area contributed by atoms with Crippen LogP contribution in [0.25, 0.3) is 0 Å². The Bertz CT molecular complexity index is 1170. The SMILES string of the molecule is Cc1cnc(N2CC[C@@H]([P+](c3ccccc3)(c3ccccc3)c3ccccc3)C2=O)c(C)n1. The molecule has 1 aliphatic heterocycles. The van der Waals surface area contributed by atoms with Crippen LogP contribution in [0.5, 0.6) is 0 Å². The summed E-state index contributed by atoms with van der Waals surface area (Å²) >= 11 is 0. The van der Waals surface area contributed by atoms with E-state index in [4.69, 9.17) is 0 Å². The van der Waals surface area contributed by atoms with Crippen LogP contribution in [0.4, 0.5) is 5.82 Å². The lowest BCUT2D eigenvalue weighted by Gasteiger charge is -2.31. The van der Waals surface area contributed by atoms with Crippen LogP contribution < -0.4 is 20.8 Å². The number of hydrogen-bond acceptors (Lipinski definition) is 3. The summed E-state index contributed by atoms with van der Waals surface area (Å²) in [6.07, 6.45) is 2.53. The molecule has 3 aromatic carbocycles. The Morgan fingerprint density at radius 1 is 0.788 bits per heavy atom. The Hall–Kier alpha value is -3.36. The lowest BCUT2D eigenvalue weighted by molar-refractivity contribution is -0.116. The Morgan fingerprint density at radius 2 is 1.27 bits per heavy atom. The number of aryl methyl sites for hydroxylation is 2. The van der Waals surface area contributed by atoms with E-state index < -0.39 is 7.26 Å². The maximum absolute atomic E-state index is 14.2. The van der Waals surface area contributed by atoms with Crippen molar-refractivity contribution in [3.05, 3.63) is 109 Å². The minimum Gasteiger partial charge on any atom is -0.292 e. The fourth-order valence-corrected chi connectivity index (χ4v) is 9.94. The molecule has 0 N–H and O–H groups in total. The molecule has 0 aliphatic carbocycles. The van der Waals surface area contributed by atoms with Crippen molar-refractivity contribution in [1.82, 2.24) is 9.97 Å². The molecule has 1 amide bonds. The fourth-order valence-electron chi connectivity index (χ4n) is 5.07. The number of amides is 1. The number of carbonyl (C=O) groups excluding carboxylic acids is 1. The predicted octanol–water partition coefficient (Wildman–Crippen LogP) is 4.19. The van der Waals surface area contributed by atoms with Crippen LogP contribution in [0.3, 0.4) is 0 Å². The van der Waals surface area contributed by atoms with Crippen LogP contribution in [0, 0.1) is 13.8 Å². The molecule has 1 aliphatic rings. The van der Waals surface area contributed by atoms with Gasteiger partial charge in [0.05, 0.1) is 17.6 Å². The summed E-state index contributed by atoms with van der Waals surface area (Å²) < 4.78 is 0. The molecule has 0 radical (unpaired) electrons. The molecule has 1 saturated heterocycles. The summed E-state index contributed by atoms with van der Waals surface area (Å²) in [4.78, 5) is 25.2. The number of aromatic nitrogens is 2. The molecule has 1 atom stereocenters. The fraction of sp³-hybridized carbons (Fsp3) is 0.179. The Kier molecular flexibility index (Phi) is 5.78. The first-order valence-electron chi connectivity index (χ1n) is 11.3. The van der Waals surface area contributed by atoms with Gasteiger partial charge in [-0.05, 0) is 50.2 Å². The highest BCUT2D eigenvalue weighted by Gasteiger charge is 2.59. The van der Waals surface area contributed by atoms with Crippen LogP contribution in [0.15, 0.2) is 97.2 Å². The van der Waals surface area contributed by atoms with Crippen molar-refractivity contribution in [2.24, 2.45) is 0 Å². The first kappa shape index (κ1) is 21.5. The second kappa shape index (κ2) is 8.88. The van der Waals surface area contributed by atoms with Crippen LogP contribution in [0.1, 0.15) is 17.8 Å². The first-order valence-corrected chi connectivity index (χ1v) is 13.2. The Morgan fingerprint density at radius 3 is 1.73 bits per heavy atom. The number of rotatable bonds is 5. The van der Waals surface area contributed by atoms with E-state index in [0.29, 0.717) is 12.4 Å². The van der Waals surface area contributed by atoms with Gasteiger partial charge in [0.25, 0.3) is 5.91 Å². The minimum absolute atomic E-state index is 0.140. The average molecular weight is 453 g/mol. The van der Waals surface area contributed by atoms with E-state index in [1.54, 1.807) is 6.20 Å². The van der Waals surface area contributed by atoms with E-state index in [1.807, 2.05) is 36.9 Å². The van der Waals surface area contributed by atoms with Crippen molar-refractivity contribution >= 4 is 34.9 Å². The average Bonchev–Trinajstić information content (AvgIpc) is 3.23. The zero-order valence-corrected chi connectivity index (χ0v) is 19.8. The molecule has 2 heterocycles. The summed E-state index contributed by atoms with van der Waals surface area (Å²) in [5.41, 5.74) is 1.50.